The van der Waals surface area contributed by atoms with E-state index in [1.165, 1.54) is 43.4 Å². The Bertz CT molecular complexity index is 501. The van der Waals surface area contributed by atoms with Crippen molar-refractivity contribution in [3.05, 3.63) is 36.4 Å². The molecule has 0 amide bonds. The summed E-state index contributed by atoms with van der Waals surface area (Å²) >= 11 is 0. The number of benzene rings is 1. The van der Waals surface area contributed by atoms with E-state index in [-0.39, 0.29) is 0 Å². The van der Waals surface area contributed by atoms with E-state index in [4.69, 9.17) is 5.73 Å². The lowest BCUT2D eigenvalue weighted by Gasteiger charge is -2.38. The highest BCUT2D eigenvalue weighted by Crippen LogP contribution is 2.34. The molecule has 2 nitrogen and oxygen atoms in total. The van der Waals surface area contributed by atoms with Crippen molar-refractivity contribution in [1.82, 2.24) is 0 Å². The Labute approximate surface area is 142 Å². The van der Waals surface area contributed by atoms with Crippen LogP contribution in [0.15, 0.2) is 30.9 Å². The summed E-state index contributed by atoms with van der Waals surface area (Å²) in [6, 6.07) is 7.35. The molecule has 1 unspecified atom stereocenters. The van der Waals surface area contributed by atoms with Crippen molar-refractivity contribution in [2.75, 3.05) is 17.2 Å². The van der Waals surface area contributed by atoms with E-state index < -0.39 is 0 Å². The van der Waals surface area contributed by atoms with Crippen LogP contribution in [0.3, 0.4) is 0 Å². The minimum Gasteiger partial charge on any atom is -0.397 e. The van der Waals surface area contributed by atoms with E-state index in [0.29, 0.717) is 17.9 Å². The van der Waals surface area contributed by atoms with Gasteiger partial charge in [0.15, 0.2) is 0 Å². The molecular formula is C21H34N2. The lowest BCUT2D eigenvalue weighted by molar-refractivity contribution is 0.401. The number of nitrogens with zero attached hydrogens (tertiary/aromatic N) is 1. The fraction of sp³-hybridized carbons (Fsp3) is 0.619. The fourth-order valence-electron chi connectivity index (χ4n) is 3.76. The van der Waals surface area contributed by atoms with Crippen molar-refractivity contribution in [2.45, 2.75) is 71.3 Å². The third-order valence-electron chi connectivity index (χ3n) is 5.03. The Balaban J connectivity index is 2.25. The summed E-state index contributed by atoms with van der Waals surface area (Å²) in [7, 11) is 0. The van der Waals surface area contributed by atoms with Crippen LogP contribution in [0.2, 0.25) is 0 Å². The first-order valence-electron chi connectivity index (χ1n) is 9.29. The molecule has 0 saturated heterocycles. The maximum Gasteiger partial charge on any atom is 0.0602 e. The third-order valence-corrected chi connectivity index (χ3v) is 5.03. The highest BCUT2D eigenvalue weighted by molar-refractivity contribution is 5.69. The molecule has 2 N–H and O–H groups in total. The summed E-state index contributed by atoms with van der Waals surface area (Å²) < 4.78 is 0. The van der Waals surface area contributed by atoms with Crippen LogP contribution in [0.1, 0.15) is 70.8 Å². The van der Waals surface area contributed by atoms with E-state index in [9.17, 15) is 0 Å². The summed E-state index contributed by atoms with van der Waals surface area (Å²) in [6.07, 6.45) is 9.70. The molecule has 2 rings (SSSR count). The van der Waals surface area contributed by atoms with Crippen molar-refractivity contribution in [3.63, 3.8) is 0 Å². The molecule has 0 spiro atoms. The molecule has 1 aliphatic rings. The van der Waals surface area contributed by atoms with E-state index in [1.54, 1.807) is 0 Å². The highest BCUT2D eigenvalue weighted by atomic mass is 15.2. The molecule has 2 heteroatoms. The van der Waals surface area contributed by atoms with Crippen molar-refractivity contribution in [2.24, 2.45) is 5.92 Å². The quantitative estimate of drug-likeness (QED) is 0.513. The number of hydrogen-bond donors (Lipinski definition) is 1. The number of nitrogen functional groups attached to an aromatic ring is 1. The number of anilines is 2. The van der Waals surface area contributed by atoms with Crippen molar-refractivity contribution in [1.29, 1.82) is 0 Å². The van der Waals surface area contributed by atoms with Gasteiger partial charge in [-0.3, -0.25) is 0 Å². The van der Waals surface area contributed by atoms with Gasteiger partial charge in [-0.15, -0.1) is 6.58 Å². The summed E-state index contributed by atoms with van der Waals surface area (Å²) in [5.41, 5.74) is 9.96. The van der Waals surface area contributed by atoms with Gasteiger partial charge >= 0.3 is 0 Å². The largest absolute Gasteiger partial charge is 0.397 e. The molecule has 1 aromatic carbocycles. The van der Waals surface area contributed by atoms with Gasteiger partial charge in [-0.1, -0.05) is 52.2 Å². The molecule has 1 saturated carbocycles. The van der Waals surface area contributed by atoms with Gasteiger partial charge in [-0.2, -0.15) is 0 Å². The SMILES string of the molecule is C=CCC(C)c1ccc(N(CC(C)C)C2CCCCC2)c(N)c1. The van der Waals surface area contributed by atoms with Crippen LogP contribution in [-0.4, -0.2) is 12.6 Å². The van der Waals surface area contributed by atoms with Gasteiger partial charge < -0.3 is 10.6 Å². The maximum absolute atomic E-state index is 6.47. The summed E-state index contributed by atoms with van der Waals surface area (Å²) in [5, 5.41) is 0. The Kier molecular flexibility index (Phi) is 6.56. The predicted molar refractivity (Wildman–Crippen MR) is 103 cm³/mol. The molecule has 128 valence electrons. The van der Waals surface area contributed by atoms with Gasteiger partial charge in [-0.05, 0) is 48.8 Å². The van der Waals surface area contributed by atoms with Crippen LogP contribution in [0, 0.1) is 5.92 Å². The summed E-state index contributed by atoms with van der Waals surface area (Å²) in [4.78, 5) is 2.58. The average molecular weight is 315 g/mol. The first-order chi connectivity index (χ1) is 11.0. The third kappa shape index (κ3) is 4.76. The van der Waals surface area contributed by atoms with E-state index >= 15 is 0 Å². The van der Waals surface area contributed by atoms with Gasteiger partial charge in [0.25, 0.3) is 0 Å². The Hall–Kier alpha value is -1.44. The maximum atomic E-state index is 6.47. The minimum atomic E-state index is 0.483. The first-order valence-corrected chi connectivity index (χ1v) is 9.29. The minimum absolute atomic E-state index is 0.483. The molecule has 0 heterocycles. The zero-order valence-electron chi connectivity index (χ0n) is 15.2. The number of nitrogens with two attached hydrogens (primary N) is 1. The molecule has 0 bridgehead atoms. The van der Waals surface area contributed by atoms with Crippen molar-refractivity contribution in [3.8, 4) is 0 Å². The molecule has 0 aliphatic heterocycles. The lowest BCUT2D eigenvalue weighted by atomic mass is 9.92. The van der Waals surface area contributed by atoms with E-state index in [1.807, 2.05) is 6.08 Å². The second kappa shape index (κ2) is 8.42. The van der Waals surface area contributed by atoms with Crippen molar-refractivity contribution < 1.29 is 0 Å². The second-order valence-electron chi connectivity index (χ2n) is 7.58. The zero-order chi connectivity index (χ0) is 16.8. The summed E-state index contributed by atoms with van der Waals surface area (Å²) in [5.74, 6) is 1.13. The van der Waals surface area contributed by atoms with Crippen molar-refractivity contribution >= 4 is 11.4 Å². The van der Waals surface area contributed by atoms with Crippen LogP contribution in [0.25, 0.3) is 0 Å². The van der Waals surface area contributed by atoms with Gasteiger partial charge in [0, 0.05) is 12.6 Å². The zero-order valence-corrected chi connectivity index (χ0v) is 15.2. The molecule has 0 radical (unpaired) electrons. The van der Waals surface area contributed by atoms with Gasteiger partial charge in [0.2, 0.25) is 0 Å². The first kappa shape index (κ1) is 17.9. The smallest absolute Gasteiger partial charge is 0.0602 e. The van der Waals surface area contributed by atoms with E-state index in [0.717, 1.165) is 18.7 Å². The molecule has 23 heavy (non-hydrogen) atoms. The monoisotopic (exact) mass is 314 g/mol. The normalized spacial score (nSPS) is 17.2. The number of hydrogen-bond acceptors (Lipinski definition) is 2. The van der Waals surface area contributed by atoms with Gasteiger partial charge in [0.05, 0.1) is 11.4 Å². The number of rotatable bonds is 7. The van der Waals surface area contributed by atoms with Crippen LogP contribution in [-0.2, 0) is 0 Å². The lowest BCUT2D eigenvalue weighted by Crippen LogP contribution is -2.39. The average Bonchev–Trinajstić information content (AvgIpc) is 2.54. The molecular weight excluding hydrogens is 280 g/mol. The molecule has 1 fully saturated rings. The molecule has 0 aromatic heterocycles. The fourth-order valence-corrected chi connectivity index (χ4v) is 3.76. The van der Waals surface area contributed by atoms with Crippen LogP contribution in [0.4, 0.5) is 11.4 Å². The second-order valence-corrected chi connectivity index (χ2v) is 7.58. The standard InChI is InChI=1S/C21H34N2/c1-5-9-17(4)18-12-13-21(20(22)14-18)23(15-16(2)3)19-10-7-6-8-11-19/h5,12-14,16-17,19H,1,6-11,15,22H2,2-4H3. The van der Waals surface area contributed by atoms with Gasteiger partial charge in [0.1, 0.15) is 0 Å². The Morgan fingerprint density at radius 3 is 2.48 bits per heavy atom. The van der Waals surface area contributed by atoms with Crippen LogP contribution >= 0.6 is 0 Å². The molecule has 1 atom stereocenters. The topological polar surface area (TPSA) is 29.3 Å². The van der Waals surface area contributed by atoms with Gasteiger partial charge in [-0.25, -0.2) is 0 Å². The van der Waals surface area contributed by atoms with Crippen LogP contribution in [0.5, 0.6) is 0 Å². The molecule has 1 aliphatic carbocycles. The van der Waals surface area contributed by atoms with Crippen LogP contribution < -0.4 is 10.6 Å². The summed E-state index contributed by atoms with van der Waals surface area (Å²) in [6.45, 7) is 11.8. The highest BCUT2D eigenvalue weighted by Gasteiger charge is 2.23. The Morgan fingerprint density at radius 1 is 1.22 bits per heavy atom. The molecule has 1 aromatic rings. The predicted octanol–water partition coefficient (Wildman–Crippen LogP) is 5.74. The number of allylic oxidation sites excluding steroid dienone is 1. The van der Waals surface area contributed by atoms with E-state index in [2.05, 4.69) is 50.4 Å². The Morgan fingerprint density at radius 2 is 1.91 bits per heavy atom.